The molecule has 1 rings (SSSR count). The highest BCUT2D eigenvalue weighted by molar-refractivity contribution is 9.10. The number of hydrogen-bond acceptors (Lipinski definition) is 3. The maximum absolute atomic E-state index is 9.61. The van der Waals surface area contributed by atoms with Gasteiger partial charge in [0.05, 0.1) is 12.7 Å². The fourth-order valence-electron chi connectivity index (χ4n) is 1.44. The lowest BCUT2D eigenvalue weighted by Crippen LogP contribution is -2.09. The highest BCUT2D eigenvalue weighted by atomic mass is 79.9. The summed E-state index contributed by atoms with van der Waals surface area (Å²) in [6.07, 6.45) is 0.477. The summed E-state index contributed by atoms with van der Waals surface area (Å²) in [7, 11) is 0. The first-order chi connectivity index (χ1) is 8.15. The minimum absolute atomic E-state index is 0.496. The van der Waals surface area contributed by atoms with E-state index in [1.165, 1.54) is 0 Å². The summed E-state index contributed by atoms with van der Waals surface area (Å²) in [5.74, 6) is 0.703. The van der Waals surface area contributed by atoms with Crippen molar-refractivity contribution in [2.24, 2.45) is 0 Å². The molecule has 0 amide bonds. The largest absolute Gasteiger partial charge is 0.491 e. The molecular weight excluding hydrogens is 284 g/mol. The fourth-order valence-corrected chi connectivity index (χ4v) is 1.78. The zero-order valence-electron chi connectivity index (χ0n) is 10.3. The van der Waals surface area contributed by atoms with E-state index in [0.29, 0.717) is 19.0 Å². The Morgan fingerprint density at radius 3 is 2.71 bits per heavy atom. The van der Waals surface area contributed by atoms with Crippen LogP contribution in [0.2, 0.25) is 0 Å². The molecule has 3 nitrogen and oxygen atoms in total. The van der Waals surface area contributed by atoms with Gasteiger partial charge in [0, 0.05) is 16.6 Å². The van der Waals surface area contributed by atoms with Crippen molar-refractivity contribution in [2.45, 2.75) is 26.4 Å². The van der Waals surface area contributed by atoms with E-state index in [0.717, 1.165) is 23.1 Å². The van der Waals surface area contributed by atoms with Gasteiger partial charge in [0.2, 0.25) is 0 Å². The van der Waals surface area contributed by atoms with Gasteiger partial charge in [-0.2, -0.15) is 0 Å². The Morgan fingerprint density at radius 2 is 2.06 bits per heavy atom. The van der Waals surface area contributed by atoms with Crippen molar-refractivity contribution in [2.75, 3.05) is 19.8 Å². The van der Waals surface area contributed by atoms with Gasteiger partial charge in [0.25, 0.3) is 0 Å². The third-order valence-electron chi connectivity index (χ3n) is 2.26. The van der Waals surface area contributed by atoms with Crippen LogP contribution in [0, 0.1) is 0 Å². The summed E-state index contributed by atoms with van der Waals surface area (Å²) in [5, 5.41) is 9.61. The molecule has 1 atom stereocenters. The van der Waals surface area contributed by atoms with E-state index in [1.54, 1.807) is 6.92 Å². The Kier molecular flexibility index (Phi) is 6.55. The van der Waals surface area contributed by atoms with Crippen LogP contribution in [0.25, 0.3) is 0 Å². The van der Waals surface area contributed by atoms with Crippen LogP contribution in [0.1, 0.15) is 31.9 Å². The molecule has 17 heavy (non-hydrogen) atoms. The minimum Gasteiger partial charge on any atom is -0.491 e. The second-order valence-electron chi connectivity index (χ2n) is 3.82. The molecule has 0 aliphatic rings. The van der Waals surface area contributed by atoms with Crippen LogP contribution in [0.3, 0.4) is 0 Å². The molecule has 0 spiro atoms. The molecule has 0 saturated heterocycles. The van der Waals surface area contributed by atoms with Gasteiger partial charge in [-0.3, -0.25) is 0 Å². The molecule has 0 aliphatic heterocycles. The first-order valence-electron chi connectivity index (χ1n) is 5.83. The van der Waals surface area contributed by atoms with E-state index in [2.05, 4.69) is 22.9 Å². The molecule has 96 valence electrons. The van der Waals surface area contributed by atoms with Crippen LogP contribution < -0.4 is 4.74 Å². The second-order valence-corrected chi connectivity index (χ2v) is 4.73. The molecule has 0 fully saturated rings. The van der Waals surface area contributed by atoms with Crippen LogP contribution in [-0.4, -0.2) is 24.9 Å². The zero-order valence-corrected chi connectivity index (χ0v) is 11.9. The number of halogens is 1. The van der Waals surface area contributed by atoms with Crippen LogP contribution in [0.15, 0.2) is 22.7 Å². The van der Waals surface area contributed by atoms with E-state index in [9.17, 15) is 5.11 Å². The maximum Gasteiger partial charge on any atom is 0.126 e. The van der Waals surface area contributed by atoms with Crippen molar-refractivity contribution >= 4 is 15.9 Å². The topological polar surface area (TPSA) is 38.7 Å². The molecule has 0 saturated carbocycles. The zero-order chi connectivity index (χ0) is 12.7. The Labute approximate surface area is 111 Å². The Morgan fingerprint density at radius 1 is 1.29 bits per heavy atom. The van der Waals surface area contributed by atoms with Gasteiger partial charge in [0.15, 0.2) is 0 Å². The number of benzene rings is 1. The average Bonchev–Trinajstić information content (AvgIpc) is 2.28. The third kappa shape index (κ3) is 5.06. The SMILES string of the molecule is CCCOCCOc1cc(Br)ccc1C(C)O. The molecule has 0 aromatic heterocycles. The number of hydrogen-bond donors (Lipinski definition) is 1. The van der Waals surface area contributed by atoms with Crippen molar-refractivity contribution in [1.82, 2.24) is 0 Å². The third-order valence-corrected chi connectivity index (χ3v) is 2.75. The molecule has 1 aromatic rings. The quantitative estimate of drug-likeness (QED) is 0.785. The summed E-state index contributed by atoms with van der Waals surface area (Å²) >= 11 is 3.39. The van der Waals surface area contributed by atoms with Gasteiger partial charge < -0.3 is 14.6 Å². The molecule has 0 bridgehead atoms. The summed E-state index contributed by atoms with van der Waals surface area (Å²) < 4.78 is 11.9. The Bertz CT molecular complexity index is 339. The average molecular weight is 303 g/mol. The second kappa shape index (κ2) is 7.69. The van der Waals surface area contributed by atoms with Gasteiger partial charge in [-0.05, 0) is 25.5 Å². The fraction of sp³-hybridized carbons (Fsp3) is 0.538. The Balaban J connectivity index is 2.53. The van der Waals surface area contributed by atoms with Gasteiger partial charge >= 0.3 is 0 Å². The summed E-state index contributed by atoms with van der Waals surface area (Å²) in [6.45, 7) is 5.62. The standard InChI is InChI=1S/C13H19BrO3/c1-3-6-16-7-8-17-13-9-11(14)4-5-12(13)10(2)15/h4-5,9-10,15H,3,6-8H2,1-2H3. The minimum atomic E-state index is -0.533. The highest BCUT2D eigenvalue weighted by Crippen LogP contribution is 2.28. The van der Waals surface area contributed by atoms with Gasteiger partial charge in [-0.15, -0.1) is 0 Å². The van der Waals surface area contributed by atoms with E-state index in [1.807, 2.05) is 18.2 Å². The molecule has 1 aromatic carbocycles. The van der Waals surface area contributed by atoms with E-state index < -0.39 is 6.10 Å². The van der Waals surface area contributed by atoms with Crippen LogP contribution >= 0.6 is 15.9 Å². The lowest BCUT2D eigenvalue weighted by Gasteiger charge is -2.13. The van der Waals surface area contributed by atoms with Crippen molar-refractivity contribution in [3.63, 3.8) is 0 Å². The first-order valence-corrected chi connectivity index (χ1v) is 6.62. The van der Waals surface area contributed by atoms with Crippen LogP contribution in [-0.2, 0) is 4.74 Å². The molecule has 0 heterocycles. The number of aliphatic hydroxyl groups is 1. The van der Waals surface area contributed by atoms with Crippen LogP contribution in [0.4, 0.5) is 0 Å². The predicted octanol–water partition coefficient (Wildman–Crippen LogP) is 3.31. The number of ether oxygens (including phenoxy) is 2. The smallest absolute Gasteiger partial charge is 0.126 e. The predicted molar refractivity (Wildman–Crippen MR) is 71.4 cm³/mol. The monoisotopic (exact) mass is 302 g/mol. The molecular formula is C13H19BrO3. The van der Waals surface area contributed by atoms with E-state index >= 15 is 0 Å². The van der Waals surface area contributed by atoms with Crippen molar-refractivity contribution in [3.05, 3.63) is 28.2 Å². The Hall–Kier alpha value is -0.580. The van der Waals surface area contributed by atoms with Crippen molar-refractivity contribution in [1.29, 1.82) is 0 Å². The number of rotatable bonds is 7. The van der Waals surface area contributed by atoms with Crippen molar-refractivity contribution in [3.8, 4) is 5.75 Å². The van der Waals surface area contributed by atoms with Gasteiger partial charge in [-0.25, -0.2) is 0 Å². The summed E-state index contributed by atoms with van der Waals surface area (Å²) in [5.41, 5.74) is 0.795. The van der Waals surface area contributed by atoms with Crippen LogP contribution in [0.5, 0.6) is 5.75 Å². The summed E-state index contributed by atoms with van der Waals surface area (Å²) in [6, 6.07) is 5.61. The first kappa shape index (κ1) is 14.5. The molecule has 1 N–H and O–H groups in total. The van der Waals surface area contributed by atoms with Gasteiger partial charge in [-0.1, -0.05) is 28.9 Å². The van der Waals surface area contributed by atoms with Crippen molar-refractivity contribution < 1.29 is 14.6 Å². The molecule has 4 heteroatoms. The summed E-state index contributed by atoms with van der Waals surface area (Å²) in [4.78, 5) is 0. The lowest BCUT2D eigenvalue weighted by atomic mass is 10.1. The number of aliphatic hydroxyl groups excluding tert-OH is 1. The van der Waals surface area contributed by atoms with Gasteiger partial charge in [0.1, 0.15) is 12.4 Å². The highest BCUT2D eigenvalue weighted by Gasteiger charge is 2.09. The maximum atomic E-state index is 9.61. The lowest BCUT2D eigenvalue weighted by molar-refractivity contribution is 0.0986. The molecule has 0 radical (unpaired) electrons. The molecule has 0 aliphatic carbocycles. The van der Waals surface area contributed by atoms with E-state index in [4.69, 9.17) is 9.47 Å². The van der Waals surface area contributed by atoms with E-state index in [-0.39, 0.29) is 0 Å². The molecule has 1 unspecified atom stereocenters. The normalized spacial score (nSPS) is 12.5.